The Labute approximate surface area is 119 Å². The summed E-state index contributed by atoms with van der Waals surface area (Å²) in [6.07, 6.45) is 5.60. The van der Waals surface area contributed by atoms with Gasteiger partial charge < -0.3 is 14.8 Å². The van der Waals surface area contributed by atoms with Crippen LogP contribution in [0, 0.1) is 0 Å². The van der Waals surface area contributed by atoms with Gasteiger partial charge in [0, 0.05) is 18.5 Å². The van der Waals surface area contributed by atoms with Crippen molar-refractivity contribution in [3.05, 3.63) is 52.6 Å². The van der Waals surface area contributed by atoms with Gasteiger partial charge in [0.15, 0.2) is 11.6 Å². The van der Waals surface area contributed by atoms with Crippen LogP contribution in [0.4, 0.5) is 0 Å². The monoisotopic (exact) mass is 287 g/mol. The van der Waals surface area contributed by atoms with Crippen LogP contribution in [-0.4, -0.2) is 21.0 Å². The molecular formula is C14H13N3O4. The Hall–Kier alpha value is -2.70. The van der Waals surface area contributed by atoms with Crippen molar-refractivity contribution in [1.82, 2.24) is 15.3 Å². The lowest BCUT2D eigenvalue weighted by Gasteiger charge is -2.40. The molecule has 21 heavy (non-hydrogen) atoms. The molecule has 0 saturated heterocycles. The van der Waals surface area contributed by atoms with Crippen molar-refractivity contribution in [2.24, 2.45) is 0 Å². The first kappa shape index (κ1) is 13.3. The quantitative estimate of drug-likeness (QED) is 0.870. The number of hydrogen-bond acceptors (Lipinski definition) is 6. The zero-order chi connectivity index (χ0) is 14.9. The van der Waals surface area contributed by atoms with Gasteiger partial charge in [-0.1, -0.05) is 0 Å². The molecule has 0 radical (unpaired) electrons. The molecule has 1 fully saturated rings. The molecule has 0 unspecified atom stereocenters. The van der Waals surface area contributed by atoms with Crippen molar-refractivity contribution >= 4 is 5.91 Å². The van der Waals surface area contributed by atoms with Gasteiger partial charge in [-0.25, -0.2) is 14.8 Å². The summed E-state index contributed by atoms with van der Waals surface area (Å²) in [4.78, 5) is 31.8. The van der Waals surface area contributed by atoms with Crippen molar-refractivity contribution in [3.8, 4) is 5.75 Å². The third kappa shape index (κ3) is 2.49. The highest BCUT2D eigenvalue weighted by Crippen LogP contribution is 2.39. The normalized spacial score (nSPS) is 16.0. The maximum atomic E-state index is 12.2. The highest BCUT2D eigenvalue weighted by molar-refractivity contribution is 5.92. The maximum absolute atomic E-state index is 12.2. The molecule has 1 saturated carbocycles. The van der Waals surface area contributed by atoms with E-state index in [-0.39, 0.29) is 11.5 Å². The molecule has 3 rings (SSSR count). The van der Waals surface area contributed by atoms with Crippen LogP contribution in [0.3, 0.4) is 0 Å². The third-order valence-corrected chi connectivity index (χ3v) is 3.53. The second-order valence-electron chi connectivity index (χ2n) is 4.96. The molecule has 1 aliphatic rings. The largest absolute Gasteiger partial charge is 0.508 e. The fraction of sp³-hybridized carbons (Fsp3) is 0.286. The maximum Gasteiger partial charge on any atom is 0.340 e. The lowest BCUT2D eigenvalue weighted by Crippen LogP contribution is -2.52. The summed E-state index contributed by atoms with van der Waals surface area (Å²) in [5.74, 6) is -0.584. The van der Waals surface area contributed by atoms with Crippen molar-refractivity contribution in [2.75, 3.05) is 0 Å². The second kappa shape index (κ2) is 5.01. The summed E-state index contributed by atoms with van der Waals surface area (Å²) in [6, 6.07) is 3.71. The fourth-order valence-electron chi connectivity index (χ4n) is 2.34. The van der Waals surface area contributed by atoms with Gasteiger partial charge in [0.25, 0.3) is 5.91 Å². The third-order valence-electron chi connectivity index (χ3n) is 3.53. The van der Waals surface area contributed by atoms with Gasteiger partial charge in [-0.05, 0) is 25.3 Å². The molecular weight excluding hydrogens is 274 g/mol. The smallest absolute Gasteiger partial charge is 0.340 e. The lowest BCUT2D eigenvalue weighted by atomic mass is 9.76. The molecule has 0 atom stereocenters. The summed E-state index contributed by atoms with van der Waals surface area (Å²) in [6.45, 7) is 0. The first-order valence-corrected chi connectivity index (χ1v) is 6.53. The van der Waals surface area contributed by atoms with E-state index in [1.165, 1.54) is 0 Å². The van der Waals surface area contributed by atoms with Gasteiger partial charge >= 0.3 is 5.63 Å². The molecule has 1 amide bonds. The molecule has 0 spiro atoms. The van der Waals surface area contributed by atoms with Crippen LogP contribution >= 0.6 is 0 Å². The van der Waals surface area contributed by atoms with Crippen molar-refractivity contribution in [1.29, 1.82) is 0 Å². The minimum Gasteiger partial charge on any atom is -0.508 e. The zero-order valence-electron chi connectivity index (χ0n) is 11.1. The molecule has 108 valence electrons. The first-order chi connectivity index (χ1) is 10.1. The van der Waals surface area contributed by atoms with E-state index in [1.807, 2.05) is 0 Å². The van der Waals surface area contributed by atoms with Gasteiger partial charge in [-0.15, -0.1) is 0 Å². The van der Waals surface area contributed by atoms with Crippen molar-refractivity contribution < 1.29 is 14.3 Å². The van der Waals surface area contributed by atoms with E-state index >= 15 is 0 Å². The molecule has 7 heteroatoms. The Morgan fingerprint density at radius 3 is 2.57 bits per heavy atom. The Bertz CT molecular complexity index is 722. The number of nitrogens with one attached hydrogen (secondary N) is 1. The Balaban J connectivity index is 1.88. The van der Waals surface area contributed by atoms with E-state index in [1.54, 1.807) is 18.5 Å². The van der Waals surface area contributed by atoms with E-state index in [9.17, 15) is 14.7 Å². The van der Waals surface area contributed by atoms with E-state index in [4.69, 9.17) is 4.42 Å². The van der Waals surface area contributed by atoms with Crippen LogP contribution in [0.5, 0.6) is 5.75 Å². The molecule has 0 bridgehead atoms. The SMILES string of the molecule is O=C(NC1(c2ncccn2)CCC1)c1cc(O)cc(=O)o1. The molecule has 2 aromatic heterocycles. The van der Waals surface area contributed by atoms with E-state index in [0.717, 1.165) is 18.6 Å². The van der Waals surface area contributed by atoms with Gasteiger partial charge in [0.1, 0.15) is 11.3 Å². The molecule has 1 aliphatic carbocycles. The van der Waals surface area contributed by atoms with Crippen LogP contribution in [-0.2, 0) is 5.54 Å². The van der Waals surface area contributed by atoms with Crippen molar-refractivity contribution in [3.63, 3.8) is 0 Å². The number of carbonyl (C=O) groups excluding carboxylic acids is 1. The predicted octanol–water partition coefficient (Wildman–Crippen LogP) is 0.945. The molecule has 2 heterocycles. The Kier molecular flexibility index (Phi) is 3.17. The number of amides is 1. The fourth-order valence-corrected chi connectivity index (χ4v) is 2.34. The first-order valence-electron chi connectivity index (χ1n) is 6.53. The second-order valence-corrected chi connectivity index (χ2v) is 4.96. The number of aromatic nitrogens is 2. The molecule has 0 aromatic carbocycles. The average Bonchev–Trinajstić information content (AvgIpc) is 2.42. The van der Waals surface area contributed by atoms with E-state index in [0.29, 0.717) is 18.7 Å². The standard InChI is InChI=1S/C14H13N3O4/c18-9-7-10(21-11(19)8-9)12(20)17-14(3-1-4-14)13-15-5-2-6-16-13/h2,5-8,18H,1,3-4H2,(H,17,20). The number of carbonyl (C=O) groups is 1. The van der Waals surface area contributed by atoms with Crippen LogP contribution in [0.25, 0.3) is 0 Å². The number of hydrogen-bond donors (Lipinski definition) is 2. The predicted molar refractivity (Wildman–Crippen MR) is 71.7 cm³/mol. The van der Waals surface area contributed by atoms with E-state index in [2.05, 4.69) is 15.3 Å². The summed E-state index contributed by atoms with van der Waals surface area (Å²) in [7, 11) is 0. The lowest BCUT2D eigenvalue weighted by molar-refractivity contribution is 0.0775. The number of aromatic hydroxyl groups is 1. The van der Waals surface area contributed by atoms with Gasteiger partial charge in [-0.2, -0.15) is 0 Å². The molecule has 2 N–H and O–H groups in total. The average molecular weight is 287 g/mol. The topological polar surface area (TPSA) is 105 Å². The number of nitrogens with zero attached hydrogens (tertiary/aromatic N) is 2. The van der Waals surface area contributed by atoms with Crippen LogP contribution < -0.4 is 10.9 Å². The summed E-state index contributed by atoms with van der Waals surface area (Å²) in [5, 5.41) is 12.2. The van der Waals surface area contributed by atoms with Crippen LogP contribution in [0.2, 0.25) is 0 Å². The summed E-state index contributed by atoms with van der Waals surface area (Å²) in [5.41, 5.74) is -1.42. The van der Waals surface area contributed by atoms with Crippen LogP contribution in [0.1, 0.15) is 35.6 Å². The highest BCUT2D eigenvalue weighted by Gasteiger charge is 2.43. The Morgan fingerprint density at radius 1 is 1.29 bits per heavy atom. The van der Waals surface area contributed by atoms with E-state index < -0.39 is 17.1 Å². The minimum absolute atomic E-state index is 0.234. The van der Waals surface area contributed by atoms with Crippen LogP contribution in [0.15, 0.2) is 39.8 Å². The van der Waals surface area contributed by atoms with Gasteiger partial charge in [-0.3, -0.25) is 4.79 Å². The van der Waals surface area contributed by atoms with Crippen molar-refractivity contribution in [2.45, 2.75) is 24.8 Å². The molecule has 2 aromatic rings. The molecule has 0 aliphatic heterocycles. The minimum atomic E-state index is -0.779. The zero-order valence-corrected chi connectivity index (χ0v) is 11.1. The highest BCUT2D eigenvalue weighted by atomic mass is 16.4. The molecule has 7 nitrogen and oxygen atoms in total. The summed E-state index contributed by atoms with van der Waals surface area (Å²) >= 11 is 0. The van der Waals surface area contributed by atoms with Gasteiger partial charge in [0.05, 0.1) is 6.07 Å². The van der Waals surface area contributed by atoms with Gasteiger partial charge in [0.2, 0.25) is 0 Å². The summed E-state index contributed by atoms with van der Waals surface area (Å²) < 4.78 is 4.80. The Morgan fingerprint density at radius 2 is 2.00 bits per heavy atom. The number of rotatable bonds is 3.